The van der Waals surface area contributed by atoms with Crippen LogP contribution in [-0.2, 0) is 0 Å². The molecule has 0 atom stereocenters. The molecule has 0 aliphatic carbocycles. The molecule has 1 N–H and O–H groups in total. The SMILES string of the molecule is COc1cc([Se]c2ccccc2C(=O)O)c(OC)c2ccccc12. The van der Waals surface area contributed by atoms with Crippen LogP contribution in [0.15, 0.2) is 54.6 Å². The minimum atomic E-state index is -0.917. The molecule has 122 valence electrons. The van der Waals surface area contributed by atoms with Crippen LogP contribution in [0.5, 0.6) is 11.5 Å². The summed E-state index contributed by atoms with van der Waals surface area (Å²) in [6, 6.07) is 16.9. The molecule has 24 heavy (non-hydrogen) atoms. The summed E-state index contributed by atoms with van der Waals surface area (Å²) in [4.78, 5) is 11.5. The van der Waals surface area contributed by atoms with Gasteiger partial charge in [-0.3, -0.25) is 0 Å². The van der Waals surface area contributed by atoms with Gasteiger partial charge in [-0.05, 0) is 0 Å². The monoisotopic (exact) mass is 388 g/mol. The number of benzene rings is 3. The van der Waals surface area contributed by atoms with Crippen LogP contribution in [0, 0.1) is 0 Å². The number of hydrogen-bond donors (Lipinski definition) is 1. The fourth-order valence-electron chi connectivity index (χ4n) is 2.60. The van der Waals surface area contributed by atoms with Crippen molar-refractivity contribution in [2.45, 2.75) is 0 Å². The summed E-state index contributed by atoms with van der Waals surface area (Å²) < 4.78 is 12.9. The molecule has 0 aliphatic rings. The third-order valence-corrected chi connectivity index (χ3v) is 5.99. The number of methoxy groups -OCH3 is 2. The van der Waals surface area contributed by atoms with E-state index in [0.29, 0.717) is 5.56 Å². The van der Waals surface area contributed by atoms with Crippen molar-refractivity contribution in [3.05, 3.63) is 60.2 Å². The summed E-state index contributed by atoms with van der Waals surface area (Å²) in [6.45, 7) is 0. The Labute approximate surface area is 146 Å². The van der Waals surface area contributed by atoms with E-state index in [1.807, 2.05) is 42.5 Å². The van der Waals surface area contributed by atoms with Gasteiger partial charge in [-0.25, -0.2) is 0 Å². The van der Waals surface area contributed by atoms with Crippen molar-refractivity contribution in [3.8, 4) is 11.5 Å². The molecule has 0 saturated heterocycles. The molecule has 0 saturated carbocycles. The van der Waals surface area contributed by atoms with Gasteiger partial charge in [0.15, 0.2) is 0 Å². The molecule has 3 aromatic rings. The standard InChI is InChI=1S/C19H16O4Se/c1-22-15-11-17(18(23-2)13-8-4-3-7-12(13)15)24-16-10-6-5-9-14(16)19(20)21/h3-11H,1-2H3,(H,20,21). The third-order valence-electron chi connectivity index (χ3n) is 3.68. The summed E-state index contributed by atoms with van der Waals surface area (Å²) in [5, 5.41) is 11.3. The summed E-state index contributed by atoms with van der Waals surface area (Å²) in [5.74, 6) is 0.613. The van der Waals surface area contributed by atoms with Gasteiger partial charge in [-0.15, -0.1) is 0 Å². The number of carboxylic acids is 1. The molecule has 0 fully saturated rings. The Morgan fingerprint density at radius 3 is 2.25 bits per heavy atom. The molecule has 0 aromatic heterocycles. The van der Waals surface area contributed by atoms with Gasteiger partial charge in [0.05, 0.1) is 0 Å². The fraction of sp³-hybridized carbons (Fsp3) is 0.105. The van der Waals surface area contributed by atoms with Gasteiger partial charge in [-0.2, -0.15) is 0 Å². The van der Waals surface area contributed by atoms with E-state index in [0.717, 1.165) is 31.2 Å². The molecule has 4 nitrogen and oxygen atoms in total. The zero-order valence-corrected chi connectivity index (χ0v) is 15.0. The van der Waals surface area contributed by atoms with Gasteiger partial charge in [0, 0.05) is 0 Å². The van der Waals surface area contributed by atoms with Crippen LogP contribution < -0.4 is 18.4 Å². The quantitative estimate of drug-likeness (QED) is 0.683. The second kappa shape index (κ2) is 6.95. The van der Waals surface area contributed by atoms with Crippen LogP contribution in [0.4, 0.5) is 0 Å². The van der Waals surface area contributed by atoms with Crippen LogP contribution in [0.25, 0.3) is 10.8 Å². The summed E-state index contributed by atoms with van der Waals surface area (Å²) in [7, 11) is 3.27. The number of fused-ring (bicyclic) bond motifs is 1. The first-order valence-corrected chi connectivity index (χ1v) is 9.01. The van der Waals surface area contributed by atoms with E-state index >= 15 is 0 Å². The minimum absolute atomic E-state index is 0.225. The van der Waals surface area contributed by atoms with Crippen LogP contribution >= 0.6 is 0 Å². The van der Waals surface area contributed by atoms with Gasteiger partial charge >= 0.3 is 146 Å². The summed E-state index contributed by atoms with van der Waals surface area (Å²) in [6.07, 6.45) is 0. The van der Waals surface area contributed by atoms with Gasteiger partial charge in [0.1, 0.15) is 0 Å². The van der Waals surface area contributed by atoms with Crippen LogP contribution in [-0.4, -0.2) is 40.3 Å². The van der Waals surface area contributed by atoms with Gasteiger partial charge in [0.2, 0.25) is 0 Å². The second-order valence-corrected chi connectivity index (χ2v) is 7.33. The normalized spacial score (nSPS) is 10.6. The zero-order chi connectivity index (χ0) is 17.1. The first kappa shape index (κ1) is 16.4. The maximum absolute atomic E-state index is 11.5. The Balaban J connectivity index is 2.18. The number of ether oxygens (including phenoxy) is 2. The van der Waals surface area contributed by atoms with Gasteiger partial charge in [-0.1, -0.05) is 0 Å². The van der Waals surface area contributed by atoms with Crippen LogP contribution in [0.1, 0.15) is 10.4 Å². The van der Waals surface area contributed by atoms with E-state index in [1.165, 1.54) is 0 Å². The van der Waals surface area contributed by atoms with Crippen molar-refractivity contribution in [1.29, 1.82) is 0 Å². The second-order valence-electron chi connectivity index (χ2n) is 5.06. The average Bonchev–Trinajstić information content (AvgIpc) is 2.61. The van der Waals surface area contributed by atoms with Gasteiger partial charge in [0.25, 0.3) is 0 Å². The average molecular weight is 387 g/mol. The summed E-state index contributed by atoms with van der Waals surface area (Å²) in [5.41, 5.74) is 0.326. The molecule has 3 aromatic carbocycles. The predicted molar refractivity (Wildman–Crippen MR) is 95.5 cm³/mol. The van der Waals surface area contributed by atoms with Crippen molar-refractivity contribution in [1.82, 2.24) is 0 Å². The maximum atomic E-state index is 11.5. The molecule has 5 heteroatoms. The van der Waals surface area contributed by atoms with Crippen molar-refractivity contribution in [3.63, 3.8) is 0 Å². The molecule has 0 aliphatic heterocycles. The Hall–Kier alpha value is -2.49. The van der Waals surface area contributed by atoms with E-state index in [9.17, 15) is 9.90 Å². The molecule has 3 rings (SSSR count). The Morgan fingerprint density at radius 1 is 0.917 bits per heavy atom. The van der Waals surface area contributed by atoms with E-state index in [-0.39, 0.29) is 15.0 Å². The van der Waals surface area contributed by atoms with Gasteiger partial charge < -0.3 is 0 Å². The Kier molecular flexibility index (Phi) is 4.74. The first-order valence-electron chi connectivity index (χ1n) is 7.29. The molecule has 0 radical (unpaired) electrons. The van der Waals surface area contributed by atoms with E-state index in [1.54, 1.807) is 26.4 Å². The Bertz CT molecular complexity index is 905. The summed E-state index contributed by atoms with van der Waals surface area (Å²) >= 11 is -0.225. The molecule has 0 heterocycles. The Morgan fingerprint density at radius 2 is 1.58 bits per heavy atom. The van der Waals surface area contributed by atoms with Crippen LogP contribution in [0.2, 0.25) is 0 Å². The van der Waals surface area contributed by atoms with Crippen molar-refractivity contribution in [2.24, 2.45) is 0 Å². The molecule has 0 bridgehead atoms. The van der Waals surface area contributed by atoms with E-state index in [4.69, 9.17) is 9.47 Å². The molecular formula is C19H16O4Se. The zero-order valence-electron chi connectivity index (χ0n) is 13.3. The van der Waals surface area contributed by atoms with E-state index in [2.05, 4.69) is 0 Å². The number of carbonyl (C=O) groups is 1. The molecule has 0 unspecified atom stereocenters. The topological polar surface area (TPSA) is 55.8 Å². The number of hydrogen-bond acceptors (Lipinski definition) is 3. The number of carboxylic acid groups (broad SMARTS) is 1. The fourth-order valence-corrected chi connectivity index (χ4v) is 4.91. The molecule has 0 amide bonds. The van der Waals surface area contributed by atoms with E-state index < -0.39 is 5.97 Å². The molecule has 0 spiro atoms. The van der Waals surface area contributed by atoms with Crippen LogP contribution in [0.3, 0.4) is 0 Å². The predicted octanol–water partition coefficient (Wildman–Crippen LogP) is 2.21. The number of rotatable bonds is 5. The van der Waals surface area contributed by atoms with Crippen molar-refractivity contribution >= 4 is 40.6 Å². The third kappa shape index (κ3) is 2.96. The van der Waals surface area contributed by atoms with Crippen molar-refractivity contribution in [2.75, 3.05) is 14.2 Å². The number of aromatic carboxylic acids is 1. The molecular weight excluding hydrogens is 371 g/mol. The van der Waals surface area contributed by atoms with Crippen molar-refractivity contribution < 1.29 is 19.4 Å². The first-order chi connectivity index (χ1) is 11.7.